The Bertz CT molecular complexity index is 400. The zero-order valence-electron chi connectivity index (χ0n) is 7.99. The molecule has 0 saturated carbocycles. The van der Waals surface area contributed by atoms with Gasteiger partial charge < -0.3 is 9.84 Å². The first-order valence-corrected chi connectivity index (χ1v) is 4.51. The lowest BCUT2D eigenvalue weighted by atomic mass is 10.0. The molecule has 1 aromatic rings. The van der Waals surface area contributed by atoms with E-state index in [0.29, 0.717) is 10.6 Å². The van der Waals surface area contributed by atoms with Gasteiger partial charge >= 0.3 is 11.9 Å². The van der Waals surface area contributed by atoms with Crippen LogP contribution in [0.15, 0.2) is 18.2 Å². The van der Waals surface area contributed by atoms with Crippen LogP contribution in [0.5, 0.6) is 0 Å². The smallest absolute Gasteiger partial charge is 0.338 e. The first-order valence-electron chi connectivity index (χ1n) is 4.13. The number of carboxylic acids is 1. The maximum absolute atomic E-state index is 11.3. The number of carbonyl (C=O) groups excluding carboxylic acids is 1. The molecule has 0 aliphatic heterocycles. The first-order chi connectivity index (χ1) is 7.04. The molecule has 0 aliphatic carbocycles. The van der Waals surface area contributed by atoms with Gasteiger partial charge in [0.1, 0.15) is 0 Å². The van der Waals surface area contributed by atoms with Crippen molar-refractivity contribution in [3.8, 4) is 0 Å². The molecule has 0 saturated heterocycles. The summed E-state index contributed by atoms with van der Waals surface area (Å²) < 4.78 is 4.52. The van der Waals surface area contributed by atoms with Crippen molar-refractivity contribution < 1.29 is 19.4 Å². The van der Waals surface area contributed by atoms with Crippen molar-refractivity contribution in [1.82, 2.24) is 0 Å². The van der Waals surface area contributed by atoms with Crippen molar-refractivity contribution in [2.24, 2.45) is 0 Å². The topological polar surface area (TPSA) is 63.6 Å². The molecule has 1 N–H and O–H groups in total. The quantitative estimate of drug-likeness (QED) is 0.801. The SMILES string of the molecule is COC(=O)c1cc(Cl)ccc1CC(=O)O. The highest BCUT2D eigenvalue weighted by atomic mass is 35.5. The Morgan fingerprint density at radius 2 is 2.13 bits per heavy atom. The normalized spacial score (nSPS) is 9.73. The van der Waals surface area contributed by atoms with E-state index in [2.05, 4.69) is 4.74 Å². The Morgan fingerprint density at radius 1 is 1.47 bits per heavy atom. The van der Waals surface area contributed by atoms with Crippen molar-refractivity contribution in [2.75, 3.05) is 7.11 Å². The average molecular weight is 229 g/mol. The van der Waals surface area contributed by atoms with Crippen LogP contribution in [-0.2, 0) is 16.0 Å². The molecule has 0 bridgehead atoms. The van der Waals surface area contributed by atoms with Gasteiger partial charge in [-0.25, -0.2) is 4.79 Å². The summed E-state index contributed by atoms with van der Waals surface area (Å²) in [6.45, 7) is 0. The third-order valence-corrected chi connectivity index (χ3v) is 2.05. The van der Waals surface area contributed by atoms with Gasteiger partial charge in [-0.3, -0.25) is 4.79 Å². The molecule has 0 spiro atoms. The highest BCUT2D eigenvalue weighted by molar-refractivity contribution is 6.31. The minimum Gasteiger partial charge on any atom is -0.481 e. The molecule has 0 aromatic heterocycles. The van der Waals surface area contributed by atoms with E-state index in [1.807, 2.05) is 0 Å². The van der Waals surface area contributed by atoms with Crippen molar-refractivity contribution in [2.45, 2.75) is 6.42 Å². The van der Waals surface area contributed by atoms with Gasteiger partial charge in [-0.05, 0) is 17.7 Å². The van der Waals surface area contributed by atoms with Gasteiger partial charge in [0.15, 0.2) is 0 Å². The van der Waals surface area contributed by atoms with Crippen molar-refractivity contribution in [3.63, 3.8) is 0 Å². The highest BCUT2D eigenvalue weighted by Gasteiger charge is 2.14. The second-order valence-electron chi connectivity index (χ2n) is 2.86. The number of carboxylic acid groups (broad SMARTS) is 1. The Balaban J connectivity index is 3.14. The number of halogens is 1. The van der Waals surface area contributed by atoms with Crippen molar-refractivity contribution >= 4 is 23.5 Å². The van der Waals surface area contributed by atoms with Gasteiger partial charge in [0.05, 0.1) is 19.1 Å². The Kier molecular flexibility index (Phi) is 3.68. The van der Waals surface area contributed by atoms with Gasteiger partial charge in [-0.1, -0.05) is 17.7 Å². The number of ether oxygens (including phenoxy) is 1. The zero-order chi connectivity index (χ0) is 11.4. The second kappa shape index (κ2) is 4.79. The summed E-state index contributed by atoms with van der Waals surface area (Å²) in [5.74, 6) is -1.60. The summed E-state index contributed by atoms with van der Waals surface area (Å²) in [6, 6.07) is 4.43. The third kappa shape index (κ3) is 2.95. The summed E-state index contributed by atoms with van der Waals surface area (Å²) >= 11 is 5.70. The summed E-state index contributed by atoms with van der Waals surface area (Å²) in [5, 5.41) is 9.00. The van der Waals surface area contributed by atoms with Gasteiger partial charge in [0, 0.05) is 5.02 Å². The molecule has 5 heteroatoms. The van der Waals surface area contributed by atoms with E-state index < -0.39 is 11.9 Å². The van der Waals surface area contributed by atoms with Crippen molar-refractivity contribution in [1.29, 1.82) is 0 Å². The number of aliphatic carboxylic acids is 1. The fraction of sp³-hybridized carbons (Fsp3) is 0.200. The van der Waals surface area contributed by atoms with Gasteiger partial charge in [0.25, 0.3) is 0 Å². The third-order valence-electron chi connectivity index (χ3n) is 1.82. The van der Waals surface area contributed by atoms with E-state index in [9.17, 15) is 9.59 Å². The molecule has 1 aromatic carbocycles. The predicted octanol–water partition coefficient (Wildman–Crippen LogP) is 1.75. The van der Waals surface area contributed by atoms with Gasteiger partial charge in [-0.15, -0.1) is 0 Å². The summed E-state index contributed by atoms with van der Waals surface area (Å²) in [5.41, 5.74) is 0.575. The summed E-state index contributed by atoms with van der Waals surface area (Å²) in [7, 11) is 1.23. The van der Waals surface area contributed by atoms with Crippen LogP contribution < -0.4 is 0 Å². The molecule has 0 radical (unpaired) electrons. The molecule has 0 unspecified atom stereocenters. The van der Waals surface area contributed by atoms with Crippen LogP contribution in [0.3, 0.4) is 0 Å². The number of rotatable bonds is 3. The highest BCUT2D eigenvalue weighted by Crippen LogP contribution is 2.17. The molecule has 15 heavy (non-hydrogen) atoms. The number of esters is 1. The van der Waals surface area contributed by atoms with Crippen molar-refractivity contribution in [3.05, 3.63) is 34.3 Å². The number of benzene rings is 1. The number of hydrogen-bond donors (Lipinski definition) is 1. The first kappa shape index (κ1) is 11.5. The lowest BCUT2D eigenvalue weighted by molar-refractivity contribution is -0.136. The van der Waals surface area contributed by atoms with Crippen LogP contribution in [0.25, 0.3) is 0 Å². The zero-order valence-corrected chi connectivity index (χ0v) is 8.75. The molecule has 4 nitrogen and oxygen atoms in total. The Labute approximate surface area is 91.4 Å². The van der Waals surface area contributed by atoms with Gasteiger partial charge in [0.2, 0.25) is 0 Å². The standard InChI is InChI=1S/C10H9ClO4/c1-15-10(14)8-5-7(11)3-2-6(8)4-9(12)13/h2-3,5H,4H2,1H3,(H,12,13). The maximum Gasteiger partial charge on any atom is 0.338 e. The molecule has 1 rings (SSSR count). The van der Waals surface area contributed by atoms with Crippen LogP contribution in [0.4, 0.5) is 0 Å². The molecule has 0 aliphatic rings. The fourth-order valence-electron chi connectivity index (χ4n) is 1.17. The maximum atomic E-state index is 11.3. The number of hydrogen-bond acceptors (Lipinski definition) is 3. The second-order valence-corrected chi connectivity index (χ2v) is 3.30. The van der Waals surface area contributed by atoms with Crippen LogP contribution in [-0.4, -0.2) is 24.2 Å². The summed E-state index contributed by atoms with van der Waals surface area (Å²) in [4.78, 5) is 21.8. The molecule has 0 amide bonds. The van der Waals surface area contributed by atoms with E-state index in [1.54, 1.807) is 0 Å². The molecule has 0 fully saturated rings. The summed E-state index contributed by atoms with van der Waals surface area (Å²) in [6.07, 6.45) is -0.235. The molecule has 0 heterocycles. The number of methoxy groups -OCH3 is 1. The average Bonchev–Trinajstić information content (AvgIpc) is 2.19. The van der Waals surface area contributed by atoms with Crippen LogP contribution in [0.2, 0.25) is 5.02 Å². The van der Waals surface area contributed by atoms with E-state index in [0.717, 1.165) is 0 Å². The van der Waals surface area contributed by atoms with Gasteiger partial charge in [-0.2, -0.15) is 0 Å². The minimum absolute atomic E-state index is 0.187. The van der Waals surface area contributed by atoms with Crippen LogP contribution in [0, 0.1) is 0 Å². The van der Waals surface area contributed by atoms with E-state index >= 15 is 0 Å². The van der Waals surface area contributed by atoms with E-state index in [-0.39, 0.29) is 12.0 Å². The van der Waals surface area contributed by atoms with E-state index in [1.165, 1.54) is 25.3 Å². The molecule has 80 valence electrons. The van der Waals surface area contributed by atoms with E-state index in [4.69, 9.17) is 16.7 Å². The molecule has 0 atom stereocenters. The Morgan fingerprint density at radius 3 is 2.67 bits per heavy atom. The fourth-order valence-corrected chi connectivity index (χ4v) is 1.34. The van der Waals surface area contributed by atoms with Crippen LogP contribution >= 0.6 is 11.6 Å². The minimum atomic E-state index is -1.01. The predicted molar refractivity (Wildman–Crippen MR) is 54.1 cm³/mol. The Hall–Kier alpha value is -1.55. The molecular formula is C10H9ClO4. The monoisotopic (exact) mass is 228 g/mol. The largest absolute Gasteiger partial charge is 0.481 e. The lowest BCUT2D eigenvalue weighted by Gasteiger charge is -2.05. The van der Waals surface area contributed by atoms with Crippen LogP contribution in [0.1, 0.15) is 15.9 Å². The lowest BCUT2D eigenvalue weighted by Crippen LogP contribution is -2.09. The number of carbonyl (C=O) groups is 2. The molecular weight excluding hydrogens is 220 g/mol.